The number of nitrogens with zero attached hydrogens (tertiary/aromatic N) is 3. The van der Waals surface area contributed by atoms with E-state index in [9.17, 15) is 9.18 Å². The molecule has 0 saturated carbocycles. The number of halogens is 1. The Morgan fingerprint density at radius 2 is 1.66 bits per heavy atom. The van der Waals surface area contributed by atoms with Gasteiger partial charge in [-0.3, -0.25) is 4.79 Å². The van der Waals surface area contributed by atoms with Crippen molar-refractivity contribution in [3.63, 3.8) is 0 Å². The normalized spacial score (nSPS) is 11.1. The van der Waals surface area contributed by atoms with E-state index < -0.39 is 0 Å². The minimum absolute atomic E-state index is 0.312. The zero-order valence-corrected chi connectivity index (χ0v) is 17.7. The van der Waals surface area contributed by atoms with Crippen LogP contribution in [0.25, 0.3) is 22.3 Å². The Balaban J connectivity index is 1.95. The largest absolute Gasteiger partial charge is 0.497 e. The fourth-order valence-electron chi connectivity index (χ4n) is 3.23. The highest BCUT2D eigenvalue weighted by Crippen LogP contribution is 2.32. The first-order valence-electron chi connectivity index (χ1n) is 9.67. The molecule has 7 nitrogen and oxygen atoms in total. The van der Waals surface area contributed by atoms with Crippen LogP contribution in [0.3, 0.4) is 0 Å². The van der Waals surface area contributed by atoms with Crippen LogP contribution >= 0.6 is 0 Å². The van der Waals surface area contributed by atoms with E-state index in [1.165, 1.54) is 37.2 Å². The summed E-state index contributed by atoms with van der Waals surface area (Å²) >= 11 is 0. The molecule has 0 bridgehead atoms. The third-order valence-corrected chi connectivity index (χ3v) is 4.89. The highest BCUT2D eigenvalue weighted by molar-refractivity contribution is 5.83. The third-order valence-electron chi connectivity index (χ3n) is 4.89. The lowest BCUT2D eigenvalue weighted by Crippen LogP contribution is -2.20. The average Bonchev–Trinajstić information content (AvgIpc) is 2.83. The van der Waals surface area contributed by atoms with Gasteiger partial charge in [-0.05, 0) is 54.1 Å². The van der Waals surface area contributed by atoms with Gasteiger partial charge in [-0.2, -0.15) is 9.78 Å². The van der Waals surface area contributed by atoms with E-state index in [4.69, 9.17) is 14.2 Å². The van der Waals surface area contributed by atoms with Crippen molar-refractivity contribution in [1.29, 1.82) is 0 Å². The van der Waals surface area contributed by atoms with Gasteiger partial charge in [0.2, 0.25) is 0 Å². The SMILES string of the molecule is COc1ccc2nc(-c3ccc(OC)c(OC)c3)n(N=Cc3ccc(F)cc3)c(=O)c2c1. The van der Waals surface area contributed by atoms with Gasteiger partial charge in [-0.25, -0.2) is 9.37 Å². The molecule has 162 valence electrons. The number of methoxy groups -OCH3 is 3. The molecule has 4 rings (SSSR count). The van der Waals surface area contributed by atoms with Crippen LogP contribution in [0.4, 0.5) is 4.39 Å². The van der Waals surface area contributed by atoms with Crippen LogP contribution in [0.2, 0.25) is 0 Å². The van der Waals surface area contributed by atoms with Crippen molar-refractivity contribution in [2.75, 3.05) is 21.3 Å². The summed E-state index contributed by atoms with van der Waals surface area (Å²) in [7, 11) is 4.60. The Morgan fingerprint density at radius 1 is 0.906 bits per heavy atom. The Kier molecular flexibility index (Phi) is 5.85. The van der Waals surface area contributed by atoms with Crippen LogP contribution in [0.5, 0.6) is 17.2 Å². The van der Waals surface area contributed by atoms with E-state index >= 15 is 0 Å². The van der Waals surface area contributed by atoms with Gasteiger partial charge in [-0.1, -0.05) is 12.1 Å². The van der Waals surface area contributed by atoms with E-state index in [1.54, 1.807) is 55.6 Å². The molecule has 0 atom stereocenters. The molecule has 8 heteroatoms. The van der Waals surface area contributed by atoms with Crippen LogP contribution in [-0.2, 0) is 0 Å². The number of benzene rings is 3. The van der Waals surface area contributed by atoms with Crippen LogP contribution < -0.4 is 19.8 Å². The standard InChI is InChI=1S/C24H20FN3O4/c1-30-18-9-10-20-19(13-18)24(29)28(26-14-15-4-7-17(25)8-5-15)23(27-20)16-6-11-21(31-2)22(12-16)32-3/h4-14H,1-3H3. The number of rotatable bonds is 6. The molecule has 0 spiro atoms. The van der Waals surface area contributed by atoms with Crippen LogP contribution in [0, 0.1) is 5.82 Å². The molecular formula is C24H20FN3O4. The van der Waals surface area contributed by atoms with E-state index in [-0.39, 0.29) is 11.4 Å². The van der Waals surface area contributed by atoms with Gasteiger partial charge in [0.25, 0.3) is 5.56 Å². The summed E-state index contributed by atoms with van der Waals surface area (Å²) in [6.45, 7) is 0. The van der Waals surface area contributed by atoms with E-state index in [2.05, 4.69) is 10.1 Å². The van der Waals surface area contributed by atoms with Crippen molar-refractivity contribution < 1.29 is 18.6 Å². The lowest BCUT2D eigenvalue weighted by molar-refractivity contribution is 0.355. The molecule has 0 unspecified atom stereocenters. The average molecular weight is 433 g/mol. The van der Waals surface area contributed by atoms with Gasteiger partial charge in [0, 0.05) is 5.56 Å². The predicted molar refractivity (Wildman–Crippen MR) is 120 cm³/mol. The van der Waals surface area contributed by atoms with Crippen molar-refractivity contribution in [2.24, 2.45) is 5.10 Å². The molecule has 0 aliphatic heterocycles. The number of ether oxygens (including phenoxy) is 3. The predicted octanol–water partition coefficient (Wildman–Crippen LogP) is 4.11. The number of aromatic nitrogens is 2. The molecule has 0 saturated heterocycles. The van der Waals surface area contributed by atoms with Crippen LogP contribution in [0.15, 0.2) is 70.6 Å². The first-order valence-corrected chi connectivity index (χ1v) is 9.67. The summed E-state index contributed by atoms with van der Waals surface area (Å²) in [5, 5.41) is 4.72. The summed E-state index contributed by atoms with van der Waals surface area (Å²) in [5.41, 5.74) is 1.35. The van der Waals surface area contributed by atoms with Crippen LogP contribution in [0.1, 0.15) is 5.56 Å². The minimum atomic E-state index is -0.378. The number of fused-ring (bicyclic) bond motifs is 1. The number of hydrogen-bond donors (Lipinski definition) is 0. The maximum atomic E-state index is 13.4. The molecule has 0 aliphatic rings. The summed E-state index contributed by atoms with van der Waals surface area (Å²) in [6.07, 6.45) is 1.47. The smallest absolute Gasteiger partial charge is 0.282 e. The maximum Gasteiger partial charge on any atom is 0.282 e. The lowest BCUT2D eigenvalue weighted by atomic mass is 10.1. The fraction of sp³-hybridized carbons (Fsp3) is 0.125. The van der Waals surface area contributed by atoms with Gasteiger partial charge < -0.3 is 14.2 Å². The second kappa shape index (κ2) is 8.89. The van der Waals surface area contributed by atoms with E-state index in [1.807, 2.05) is 0 Å². The van der Waals surface area contributed by atoms with Gasteiger partial charge in [0.15, 0.2) is 17.3 Å². The molecule has 3 aromatic carbocycles. The van der Waals surface area contributed by atoms with Crippen molar-refractivity contribution in [3.05, 3.63) is 82.4 Å². The van der Waals surface area contributed by atoms with E-state index in [0.717, 1.165) is 0 Å². The molecule has 32 heavy (non-hydrogen) atoms. The van der Waals surface area contributed by atoms with Crippen molar-refractivity contribution in [2.45, 2.75) is 0 Å². The molecular weight excluding hydrogens is 413 g/mol. The molecule has 0 fully saturated rings. The highest BCUT2D eigenvalue weighted by Gasteiger charge is 2.15. The Bertz CT molecular complexity index is 1360. The summed E-state index contributed by atoms with van der Waals surface area (Å²) in [4.78, 5) is 18.1. The summed E-state index contributed by atoms with van der Waals surface area (Å²) in [5.74, 6) is 1.52. The monoisotopic (exact) mass is 433 g/mol. The molecule has 0 radical (unpaired) electrons. The fourth-order valence-corrected chi connectivity index (χ4v) is 3.23. The first-order chi connectivity index (χ1) is 15.5. The van der Waals surface area contributed by atoms with Crippen molar-refractivity contribution >= 4 is 17.1 Å². The maximum absolute atomic E-state index is 13.4. The summed E-state index contributed by atoms with van der Waals surface area (Å²) < 4.78 is 30.4. The van der Waals surface area contributed by atoms with Gasteiger partial charge >= 0.3 is 0 Å². The number of hydrogen-bond acceptors (Lipinski definition) is 6. The Labute approximate surface area is 183 Å². The molecule has 0 N–H and O–H groups in total. The minimum Gasteiger partial charge on any atom is -0.497 e. The Hall–Kier alpha value is -4.20. The van der Waals surface area contributed by atoms with Gasteiger partial charge in [0.05, 0.1) is 38.4 Å². The molecule has 1 aromatic heterocycles. The first kappa shape index (κ1) is 21.0. The topological polar surface area (TPSA) is 74.9 Å². The highest BCUT2D eigenvalue weighted by atomic mass is 19.1. The molecule has 0 amide bonds. The second-order valence-electron chi connectivity index (χ2n) is 6.80. The van der Waals surface area contributed by atoms with Gasteiger partial charge in [0.1, 0.15) is 11.6 Å². The quantitative estimate of drug-likeness (QED) is 0.428. The van der Waals surface area contributed by atoms with Crippen molar-refractivity contribution in [3.8, 4) is 28.6 Å². The third kappa shape index (κ3) is 4.02. The zero-order chi connectivity index (χ0) is 22.7. The lowest BCUT2D eigenvalue weighted by Gasteiger charge is -2.13. The van der Waals surface area contributed by atoms with E-state index in [0.29, 0.717) is 45.1 Å². The molecule has 0 aliphatic carbocycles. The zero-order valence-electron chi connectivity index (χ0n) is 17.7. The molecule has 4 aromatic rings. The Morgan fingerprint density at radius 3 is 2.34 bits per heavy atom. The van der Waals surface area contributed by atoms with Gasteiger partial charge in [-0.15, -0.1) is 0 Å². The second-order valence-corrected chi connectivity index (χ2v) is 6.80. The molecule has 1 heterocycles. The summed E-state index contributed by atoms with van der Waals surface area (Å²) in [6, 6.07) is 16.1. The van der Waals surface area contributed by atoms with Crippen LogP contribution in [-0.4, -0.2) is 37.2 Å². The van der Waals surface area contributed by atoms with Crippen molar-refractivity contribution in [1.82, 2.24) is 9.66 Å².